The average Bonchev–Trinajstić information content (AvgIpc) is 2.35. The molecule has 2 rings (SSSR count). The molecule has 17 heavy (non-hydrogen) atoms. The molecule has 0 saturated carbocycles. The summed E-state index contributed by atoms with van der Waals surface area (Å²) in [6.45, 7) is 2.64. The Kier molecular flexibility index (Phi) is 3.74. The van der Waals surface area contributed by atoms with E-state index in [4.69, 9.17) is 0 Å². The summed E-state index contributed by atoms with van der Waals surface area (Å²) in [7, 11) is 0. The first-order valence-corrected chi connectivity index (χ1v) is 5.98. The van der Waals surface area contributed by atoms with Crippen LogP contribution in [0, 0.1) is 12.7 Å². The van der Waals surface area contributed by atoms with E-state index in [2.05, 4.69) is 10.6 Å². The summed E-state index contributed by atoms with van der Waals surface area (Å²) in [5.74, 6) is -0.521. The van der Waals surface area contributed by atoms with E-state index in [1.807, 2.05) is 0 Å². The van der Waals surface area contributed by atoms with Gasteiger partial charge in [-0.3, -0.25) is 4.79 Å². The fourth-order valence-electron chi connectivity index (χ4n) is 2.08. The van der Waals surface area contributed by atoms with Crippen LogP contribution in [-0.4, -0.2) is 18.5 Å². The molecular formula is C13H17FN2O. The van der Waals surface area contributed by atoms with Crippen LogP contribution in [0.2, 0.25) is 0 Å². The van der Waals surface area contributed by atoms with Crippen LogP contribution in [0.15, 0.2) is 18.2 Å². The highest BCUT2D eigenvalue weighted by atomic mass is 19.1. The normalized spacial score (nSPS) is 20.0. The number of hydrogen-bond acceptors (Lipinski definition) is 2. The van der Waals surface area contributed by atoms with Crippen LogP contribution in [0.1, 0.15) is 24.8 Å². The Morgan fingerprint density at radius 3 is 2.94 bits per heavy atom. The standard InChI is InChI=1S/C13H17FN2O/c1-9-5-4-6-10(14)12(9)16-13(17)11-7-2-3-8-15-11/h4-6,11,15H,2-3,7-8H2,1H3,(H,16,17)/t11-/m0/s1. The number of rotatable bonds is 2. The van der Waals surface area contributed by atoms with Gasteiger partial charge < -0.3 is 10.6 Å². The summed E-state index contributed by atoms with van der Waals surface area (Å²) < 4.78 is 13.5. The third-order valence-electron chi connectivity index (χ3n) is 3.10. The van der Waals surface area contributed by atoms with Crippen molar-refractivity contribution < 1.29 is 9.18 Å². The van der Waals surface area contributed by atoms with Crippen molar-refractivity contribution >= 4 is 11.6 Å². The molecule has 3 nitrogen and oxygen atoms in total. The average molecular weight is 236 g/mol. The fraction of sp³-hybridized carbons (Fsp3) is 0.462. The zero-order valence-corrected chi connectivity index (χ0v) is 9.92. The Balaban J connectivity index is 2.07. The lowest BCUT2D eigenvalue weighted by atomic mass is 10.0. The molecule has 0 aliphatic carbocycles. The number of piperidine rings is 1. The maximum Gasteiger partial charge on any atom is 0.241 e. The number of nitrogens with one attached hydrogen (secondary N) is 2. The predicted octanol–water partition coefficient (Wildman–Crippen LogP) is 2.21. The number of carbonyl (C=O) groups excluding carboxylic acids is 1. The second-order valence-corrected chi connectivity index (χ2v) is 4.42. The molecule has 1 aliphatic rings. The summed E-state index contributed by atoms with van der Waals surface area (Å²) in [6.07, 6.45) is 2.96. The van der Waals surface area contributed by atoms with Crippen LogP contribution in [-0.2, 0) is 4.79 Å². The molecule has 4 heteroatoms. The first-order valence-electron chi connectivity index (χ1n) is 5.98. The highest BCUT2D eigenvalue weighted by Gasteiger charge is 2.21. The Hall–Kier alpha value is -1.42. The van der Waals surface area contributed by atoms with Crippen molar-refractivity contribution in [2.45, 2.75) is 32.2 Å². The first-order chi connectivity index (χ1) is 8.18. The van der Waals surface area contributed by atoms with Crippen LogP contribution in [0.5, 0.6) is 0 Å². The first kappa shape index (κ1) is 12.0. The highest BCUT2D eigenvalue weighted by Crippen LogP contribution is 2.19. The SMILES string of the molecule is Cc1cccc(F)c1NC(=O)[C@@H]1CCCCN1. The topological polar surface area (TPSA) is 41.1 Å². The van der Waals surface area contributed by atoms with Crippen LogP contribution in [0.25, 0.3) is 0 Å². The molecule has 1 amide bonds. The summed E-state index contributed by atoms with van der Waals surface area (Å²) in [5, 5.41) is 5.82. The number of aryl methyl sites for hydroxylation is 1. The number of halogens is 1. The zero-order chi connectivity index (χ0) is 12.3. The minimum absolute atomic E-state index is 0.141. The Morgan fingerprint density at radius 2 is 2.29 bits per heavy atom. The quantitative estimate of drug-likeness (QED) is 0.826. The summed E-state index contributed by atoms with van der Waals surface area (Å²) in [4.78, 5) is 11.9. The Morgan fingerprint density at radius 1 is 1.47 bits per heavy atom. The maximum absolute atomic E-state index is 13.5. The van der Waals surface area contributed by atoms with Gasteiger partial charge in [0.05, 0.1) is 11.7 Å². The van der Waals surface area contributed by atoms with Gasteiger partial charge >= 0.3 is 0 Å². The van der Waals surface area contributed by atoms with Crippen molar-refractivity contribution in [3.8, 4) is 0 Å². The van der Waals surface area contributed by atoms with E-state index in [9.17, 15) is 9.18 Å². The lowest BCUT2D eigenvalue weighted by Gasteiger charge is -2.23. The molecule has 1 atom stereocenters. The van der Waals surface area contributed by atoms with Gasteiger partial charge in [-0.1, -0.05) is 18.6 Å². The second kappa shape index (κ2) is 5.27. The summed E-state index contributed by atoms with van der Waals surface area (Å²) in [6, 6.07) is 4.59. The Labute approximate surface area is 100 Å². The van der Waals surface area contributed by atoms with E-state index in [0.717, 1.165) is 31.4 Å². The van der Waals surface area contributed by atoms with E-state index in [1.54, 1.807) is 19.1 Å². The number of para-hydroxylation sites is 1. The van der Waals surface area contributed by atoms with Gasteiger partial charge in [0.25, 0.3) is 0 Å². The summed E-state index contributed by atoms with van der Waals surface area (Å²) in [5.41, 5.74) is 1.04. The van der Waals surface area contributed by atoms with Crippen molar-refractivity contribution in [1.29, 1.82) is 0 Å². The van der Waals surface area contributed by atoms with Gasteiger partial charge in [0.15, 0.2) is 0 Å². The number of benzene rings is 1. The zero-order valence-electron chi connectivity index (χ0n) is 9.92. The van der Waals surface area contributed by atoms with E-state index >= 15 is 0 Å². The van der Waals surface area contributed by atoms with Crippen molar-refractivity contribution in [2.24, 2.45) is 0 Å². The molecule has 0 spiro atoms. The van der Waals surface area contributed by atoms with Crippen LogP contribution < -0.4 is 10.6 Å². The lowest BCUT2D eigenvalue weighted by molar-refractivity contribution is -0.118. The monoisotopic (exact) mass is 236 g/mol. The molecule has 1 aromatic rings. The van der Waals surface area contributed by atoms with Crippen LogP contribution in [0.3, 0.4) is 0 Å². The molecule has 2 N–H and O–H groups in total. The number of hydrogen-bond donors (Lipinski definition) is 2. The fourth-order valence-corrected chi connectivity index (χ4v) is 2.08. The highest BCUT2D eigenvalue weighted by molar-refractivity contribution is 5.95. The van der Waals surface area contributed by atoms with Crippen LogP contribution in [0.4, 0.5) is 10.1 Å². The van der Waals surface area contributed by atoms with E-state index in [0.29, 0.717) is 5.69 Å². The van der Waals surface area contributed by atoms with Gasteiger partial charge in [-0.25, -0.2) is 4.39 Å². The molecule has 1 aliphatic heterocycles. The number of carbonyl (C=O) groups is 1. The third kappa shape index (κ3) is 2.82. The molecule has 92 valence electrons. The molecule has 0 unspecified atom stereocenters. The van der Waals surface area contributed by atoms with Crippen LogP contribution >= 0.6 is 0 Å². The minimum atomic E-state index is -0.380. The molecular weight excluding hydrogens is 219 g/mol. The maximum atomic E-state index is 13.5. The lowest BCUT2D eigenvalue weighted by Crippen LogP contribution is -2.43. The van der Waals surface area contributed by atoms with Gasteiger partial charge in [-0.2, -0.15) is 0 Å². The van der Waals surface area contributed by atoms with E-state index < -0.39 is 0 Å². The third-order valence-corrected chi connectivity index (χ3v) is 3.10. The van der Waals surface area contributed by atoms with E-state index in [-0.39, 0.29) is 17.8 Å². The molecule has 0 aromatic heterocycles. The molecule has 1 fully saturated rings. The number of amides is 1. The smallest absolute Gasteiger partial charge is 0.241 e. The Bertz CT molecular complexity index is 394. The van der Waals surface area contributed by atoms with Gasteiger partial charge in [-0.15, -0.1) is 0 Å². The largest absolute Gasteiger partial charge is 0.322 e. The van der Waals surface area contributed by atoms with E-state index in [1.165, 1.54) is 6.07 Å². The van der Waals surface area contributed by atoms with Crippen molar-refractivity contribution in [3.63, 3.8) is 0 Å². The molecule has 1 saturated heterocycles. The number of anilines is 1. The van der Waals surface area contributed by atoms with Gasteiger partial charge in [0.2, 0.25) is 5.91 Å². The van der Waals surface area contributed by atoms with Crippen molar-refractivity contribution in [1.82, 2.24) is 5.32 Å². The molecule has 1 aromatic carbocycles. The van der Waals surface area contributed by atoms with Gasteiger partial charge in [0.1, 0.15) is 5.82 Å². The van der Waals surface area contributed by atoms with Crippen molar-refractivity contribution in [3.05, 3.63) is 29.6 Å². The second-order valence-electron chi connectivity index (χ2n) is 4.42. The molecule has 0 radical (unpaired) electrons. The molecule has 1 heterocycles. The molecule has 0 bridgehead atoms. The van der Waals surface area contributed by atoms with Gasteiger partial charge in [0, 0.05) is 0 Å². The minimum Gasteiger partial charge on any atom is -0.322 e. The van der Waals surface area contributed by atoms with Gasteiger partial charge in [-0.05, 0) is 37.9 Å². The van der Waals surface area contributed by atoms with Crippen molar-refractivity contribution in [2.75, 3.05) is 11.9 Å². The summed E-state index contributed by atoms with van der Waals surface area (Å²) >= 11 is 0. The predicted molar refractivity (Wildman–Crippen MR) is 65.4 cm³/mol.